The maximum absolute atomic E-state index is 8.79. The molecule has 16 heavy (non-hydrogen) atoms. The molecular formula is C13H7N3. The van der Waals surface area contributed by atoms with Crippen LogP contribution >= 0.6 is 0 Å². The summed E-state index contributed by atoms with van der Waals surface area (Å²) in [6.07, 6.45) is 3.59. The number of nitriles is 1. The van der Waals surface area contributed by atoms with Crippen molar-refractivity contribution in [2.24, 2.45) is 0 Å². The van der Waals surface area contributed by atoms with E-state index in [1.807, 2.05) is 36.5 Å². The SMILES string of the molecule is N#Cc1ccc2c(ccc3cnccc32)n1. The molecule has 0 aliphatic heterocycles. The molecule has 3 rings (SSSR count). The molecule has 0 aliphatic rings. The molecule has 0 atom stereocenters. The number of fused-ring (bicyclic) bond motifs is 3. The average molecular weight is 205 g/mol. The second-order valence-electron chi connectivity index (χ2n) is 3.54. The molecule has 1 aromatic carbocycles. The predicted octanol–water partition coefficient (Wildman–Crippen LogP) is 2.65. The van der Waals surface area contributed by atoms with Gasteiger partial charge in [0.1, 0.15) is 11.8 Å². The van der Waals surface area contributed by atoms with Gasteiger partial charge in [-0.05, 0) is 29.7 Å². The minimum atomic E-state index is 0.445. The number of rotatable bonds is 0. The van der Waals surface area contributed by atoms with Crippen LogP contribution in [-0.2, 0) is 0 Å². The monoisotopic (exact) mass is 205 g/mol. The highest BCUT2D eigenvalue weighted by molar-refractivity contribution is 6.05. The third-order valence-corrected chi connectivity index (χ3v) is 2.60. The van der Waals surface area contributed by atoms with E-state index in [-0.39, 0.29) is 0 Å². The number of hydrogen-bond acceptors (Lipinski definition) is 3. The zero-order chi connectivity index (χ0) is 11.0. The Kier molecular flexibility index (Phi) is 1.81. The van der Waals surface area contributed by atoms with Gasteiger partial charge in [0.05, 0.1) is 5.52 Å². The normalized spacial score (nSPS) is 10.4. The van der Waals surface area contributed by atoms with Crippen LogP contribution in [0.4, 0.5) is 0 Å². The first-order chi connectivity index (χ1) is 7.88. The Morgan fingerprint density at radius 2 is 1.94 bits per heavy atom. The summed E-state index contributed by atoms with van der Waals surface area (Å²) < 4.78 is 0. The van der Waals surface area contributed by atoms with Crippen molar-refractivity contribution in [3.05, 3.63) is 48.4 Å². The molecule has 0 saturated carbocycles. The van der Waals surface area contributed by atoms with Gasteiger partial charge in [0.25, 0.3) is 0 Å². The lowest BCUT2D eigenvalue weighted by atomic mass is 10.1. The summed E-state index contributed by atoms with van der Waals surface area (Å²) in [6.45, 7) is 0. The first kappa shape index (κ1) is 8.81. The lowest BCUT2D eigenvalue weighted by Gasteiger charge is -2.02. The molecule has 3 heteroatoms. The molecule has 2 aromatic heterocycles. The average Bonchev–Trinajstić information content (AvgIpc) is 2.38. The van der Waals surface area contributed by atoms with Gasteiger partial charge in [0.15, 0.2) is 0 Å². The number of pyridine rings is 2. The largest absolute Gasteiger partial charge is 0.264 e. The van der Waals surface area contributed by atoms with Gasteiger partial charge < -0.3 is 0 Å². The fourth-order valence-electron chi connectivity index (χ4n) is 1.85. The lowest BCUT2D eigenvalue weighted by Crippen LogP contribution is -1.85. The van der Waals surface area contributed by atoms with E-state index in [2.05, 4.69) is 9.97 Å². The van der Waals surface area contributed by atoms with Gasteiger partial charge in [-0.15, -0.1) is 0 Å². The van der Waals surface area contributed by atoms with Crippen molar-refractivity contribution in [2.75, 3.05) is 0 Å². The quantitative estimate of drug-likeness (QED) is 0.530. The van der Waals surface area contributed by atoms with E-state index in [4.69, 9.17) is 5.26 Å². The second kappa shape index (κ2) is 3.28. The first-order valence-corrected chi connectivity index (χ1v) is 4.92. The van der Waals surface area contributed by atoms with Gasteiger partial charge in [-0.25, -0.2) is 4.98 Å². The van der Waals surface area contributed by atoms with Gasteiger partial charge in [0, 0.05) is 23.2 Å². The van der Waals surface area contributed by atoms with Crippen LogP contribution < -0.4 is 0 Å². The Morgan fingerprint density at radius 3 is 2.81 bits per heavy atom. The van der Waals surface area contributed by atoms with Crippen LogP contribution in [0.3, 0.4) is 0 Å². The summed E-state index contributed by atoms with van der Waals surface area (Å²) in [4.78, 5) is 8.34. The van der Waals surface area contributed by atoms with E-state index in [1.165, 1.54) is 0 Å². The summed E-state index contributed by atoms with van der Waals surface area (Å²) in [5.41, 5.74) is 1.29. The molecule has 0 fully saturated rings. The Hall–Kier alpha value is -2.47. The standard InChI is InChI=1S/C13H7N3/c14-7-10-2-3-12-11-5-6-15-8-9(11)1-4-13(12)16-10/h1-6,8H. The first-order valence-electron chi connectivity index (χ1n) is 4.92. The molecule has 0 unspecified atom stereocenters. The van der Waals surface area contributed by atoms with Crippen molar-refractivity contribution in [1.82, 2.24) is 9.97 Å². The molecule has 3 nitrogen and oxygen atoms in total. The summed E-state index contributed by atoms with van der Waals surface area (Å²) >= 11 is 0. The van der Waals surface area contributed by atoms with Crippen molar-refractivity contribution in [2.45, 2.75) is 0 Å². The van der Waals surface area contributed by atoms with E-state index >= 15 is 0 Å². The topological polar surface area (TPSA) is 49.6 Å². The summed E-state index contributed by atoms with van der Waals surface area (Å²) in [7, 11) is 0. The molecule has 0 radical (unpaired) electrons. The Balaban J connectivity index is 2.49. The van der Waals surface area contributed by atoms with E-state index in [0.717, 1.165) is 21.7 Å². The Morgan fingerprint density at radius 1 is 1.00 bits per heavy atom. The van der Waals surface area contributed by atoms with Gasteiger partial charge in [-0.2, -0.15) is 5.26 Å². The fourth-order valence-corrected chi connectivity index (χ4v) is 1.85. The Bertz CT molecular complexity index is 726. The highest BCUT2D eigenvalue weighted by atomic mass is 14.7. The van der Waals surface area contributed by atoms with E-state index < -0.39 is 0 Å². The number of hydrogen-bond donors (Lipinski definition) is 0. The molecule has 0 bridgehead atoms. The highest BCUT2D eigenvalue weighted by Crippen LogP contribution is 2.23. The van der Waals surface area contributed by atoms with E-state index in [9.17, 15) is 0 Å². The van der Waals surface area contributed by atoms with Crippen LogP contribution in [0.2, 0.25) is 0 Å². The van der Waals surface area contributed by atoms with Crippen LogP contribution in [0.5, 0.6) is 0 Å². The molecule has 0 spiro atoms. The summed E-state index contributed by atoms with van der Waals surface area (Å²) in [6, 6.07) is 11.6. The van der Waals surface area contributed by atoms with Crippen molar-refractivity contribution in [1.29, 1.82) is 5.26 Å². The molecule has 74 valence electrons. The van der Waals surface area contributed by atoms with Gasteiger partial charge >= 0.3 is 0 Å². The molecule has 0 amide bonds. The van der Waals surface area contributed by atoms with Gasteiger partial charge in [0.2, 0.25) is 0 Å². The third kappa shape index (κ3) is 1.21. The molecule has 3 aromatic rings. The number of benzene rings is 1. The van der Waals surface area contributed by atoms with Gasteiger partial charge in [-0.1, -0.05) is 6.07 Å². The minimum absolute atomic E-state index is 0.445. The third-order valence-electron chi connectivity index (χ3n) is 2.60. The number of nitrogens with zero attached hydrogens (tertiary/aromatic N) is 3. The van der Waals surface area contributed by atoms with Crippen LogP contribution in [0.1, 0.15) is 5.69 Å². The zero-order valence-electron chi connectivity index (χ0n) is 8.38. The van der Waals surface area contributed by atoms with Crippen molar-refractivity contribution in [3.63, 3.8) is 0 Å². The van der Waals surface area contributed by atoms with Crippen molar-refractivity contribution < 1.29 is 0 Å². The predicted molar refractivity (Wildman–Crippen MR) is 61.8 cm³/mol. The minimum Gasteiger partial charge on any atom is -0.264 e. The molecule has 0 N–H and O–H groups in total. The highest BCUT2D eigenvalue weighted by Gasteiger charge is 2.02. The fraction of sp³-hybridized carbons (Fsp3) is 0. The molecule has 0 aliphatic carbocycles. The maximum atomic E-state index is 8.79. The maximum Gasteiger partial charge on any atom is 0.141 e. The van der Waals surface area contributed by atoms with E-state index in [1.54, 1.807) is 12.3 Å². The Labute approximate surface area is 92.0 Å². The van der Waals surface area contributed by atoms with Crippen LogP contribution in [0.15, 0.2) is 42.7 Å². The second-order valence-corrected chi connectivity index (χ2v) is 3.54. The van der Waals surface area contributed by atoms with Crippen molar-refractivity contribution in [3.8, 4) is 6.07 Å². The zero-order valence-corrected chi connectivity index (χ0v) is 8.38. The molecular weight excluding hydrogens is 198 g/mol. The lowest BCUT2D eigenvalue weighted by molar-refractivity contribution is 1.32. The van der Waals surface area contributed by atoms with Gasteiger partial charge in [-0.3, -0.25) is 4.98 Å². The van der Waals surface area contributed by atoms with Crippen LogP contribution in [0.25, 0.3) is 21.7 Å². The van der Waals surface area contributed by atoms with Crippen LogP contribution in [0, 0.1) is 11.3 Å². The smallest absolute Gasteiger partial charge is 0.141 e. The van der Waals surface area contributed by atoms with E-state index in [0.29, 0.717) is 5.69 Å². The van der Waals surface area contributed by atoms with Crippen LogP contribution in [-0.4, -0.2) is 9.97 Å². The summed E-state index contributed by atoms with van der Waals surface area (Å²) in [5, 5.41) is 12.0. The van der Waals surface area contributed by atoms with Crippen molar-refractivity contribution >= 4 is 21.7 Å². The number of aromatic nitrogens is 2. The molecule has 0 saturated heterocycles. The molecule has 2 heterocycles. The summed E-state index contributed by atoms with van der Waals surface area (Å²) in [5.74, 6) is 0.